The summed E-state index contributed by atoms with van der Waals surface area (Å²) < 4.78 is 5.48. The van der Waals surface area contributed by atoms with Crippen LogP contribution in [0.5, 0.6) is 0 Å². The van der Waals surface area contributed by atoms with Crippen molar-refractivity contribution in [3.63, 3.8) is 0 Å². The van der Waals surface area contributed by atoms with Crippen molar-refractivity contribution in [2.24, 2.45) is 5.92 Å². The Balaban J connectivity index is 1.57. The molecular weight excluding hydrogens is 268 g/mol. The first-order chi connectivity index (χ1) is 10.3. The summed E-state index contributed by atoms with van der Waals surface area (Å²) in [4.78, 5) is 14.9. The van der Waals surface area contributed by atoms with Crippen LogP contribution < -0.4 is 5.73 Å². The van der Waals surface area contributed by atoms with Crippen LogP contribution in [0.2, 0.25) is 0 Å². The zero-order valence-corrected chi connectivity index (χ0v) is 11.8. The minimum absolute atomic E-state index is 0.248. The molecule has 2 fully saturated rings. The quantitative estimate of drug-likeness (QED) is 0.913. The van der Waals surface area contributed by atoms with Gasteiger partial charge in [0.1, 0.15) is 12.1 Å². The van der Waals surface area contributed by atoms with Crippen LogP contribution >= 0.6 is 0 Å². The van der Waals surface area contributed by atoms with Crippen LogP contribution in [-0.2, 0) is 0 Å². The molecule has 110 valence electrons. The van der Waals surface area contributed by atoms with Gasteiger partial charge in [-0.05, 0) is 38.1 Å². The molecule has 0 radical (unpaired) electrons. The highest BCUT2D eigenvalue weighted by Crippen LogP contribution is 2.37. The van der Waals surface area contributed by atoms with Crippen molar-refractivity contribution in [1.29, 1.82) is 0 Å². The Bertz CT molecular complexity index is 638. The topological polar surface area (TPSA) is 94.0 Å². The smallest absolute Gasteiger partial charge is 0.244 e. The summed E-state index contributed by atoms with van der Waals surface area (Å²) in [7, 11) is 0. The highest BCUT2D eigenvalue weighted by atomic mass is 16.5. The van der Waals surface area contributed by atoms with E-state index in [2.05, 4.69) is 25.0 Å². The van der Waals surface area contributed by atoms with Crippen LogP contribution in [0.1, 0.15) is 37.6 Å². The lowest BCUT2D eigenvalue weighted by atomic mass is 10.2. The Morgan fingerprint density at radius 3 is 3.05 bits per heavy atom. The van der Waals surface area contributed by atoms with Crippen molar-refractivity contribution in [2.75, 3.05) is 18.8 Å². The van der Waals surface area contributed by atoms with E-state index < -0.39 is 0 Å². The molecule has 1 saturated carbocycles. The zero-order chi connectivity index (χ0) is 14.2. The third-order valence-corrected chi connectivity index (χ3v) is 4.26. The molecule has 1 saturated heterocycles. The summed E-state index contributed by atoms with van der Waals surface area (Å²) in [5.74, 6) is 2.40. The van der Waals surface area contributed by atoms with Crippen molar-refractivity contribution in [3.05, 3.63) is 18.4 Å². The Hall–Kier alpha value is -2.02. The van der Waals surface area contributed by atoms with Crippen molar-refractivity contribution < 1.29 is 4.52 Å². The van der Waals surface area contributed by atoms with Crippen LogP contribution in [0.15, 0.2) is 17.0 Å². The van der Waals surface area contributed by atoms with E-state index in [0.717, 1.165) is 25.4 Å². The van der Waals surface area contributed by atoms with Crippen LogP contribution in [0, 0.1) is 5.92 Å². The van der Waals surface area contributed by atoms with Crippen molar-refractivity contribution in [3.8, 4) is 11.4 Å². The lowest BCUT2D eigenvalue weighted by molar-refractivity contribution is 0.201. The molecule has 1 atom stereocenters. The lowest BCUT2D eigenvalue weighted by Crippen LogP contribution is -2.25. The molecule has 1 aliphatic heterocycles. The Kier molecular flexibility index (Phi) is 3.07. The van der Waals surface area contributed by atoms with Gasteiger partial charge in [-0.15, -0.1) is 0 Å². The predicted octanol–water partition coefficient (Wildman–Crippen LogP) is 1.66. The summed E-state index contributed by atoms with van der Waals surface area (Å²) >= 11 is 0. The maximum Gasteiger partial charge on any atom is 0.244 e. The normalized spacial score (nSPS) is 22.8. The first-order valence-corrected chi connectivity index (χ1v) is 7.45. The zero-order valence-electron chi connectivity index (χ0n) is 11.8. The number of aromatic nitrogens is 4. The molecule has 2 aliphatic rings. The second-order valence-corrected chi connectivity index (χ2v) is 5.87. The number of hydrogen-bond donors (Lipinski definition) is 1. The molecule has 7 nitrogen and oxygen atoms in total. The number of likely N-dealkylation sites (tertiary alicyclic amines) is 1. The SMILES string of the molecule is Nc1ncncc1-c1noc([C@@H]2CCCN2CC2CC2)n1. The third-order valence-electron chi connectivity index (χ3n) is 4.26. The summed E-state index contributed by atoms with van der Waals surface area (Å²) in [6, 6.07) is 0.248. The summed E-state index contributed by atoms with van der Waals surface area (Å²) in [6.07, 6.45) is 8.01. The number of nitrogens with zero attached hydrogens (tertiary/aromatic N) is 5. The van der Waals surface area contributed by atoms with Gasteiger partial charge in [-0.25, -0.2) is 9.97 Å². The fourth-order valence-electron chi connectivity index (χ4n) is 2.95. The van der Waals surface area contributed by atoms with Gasteiger partial charge in [0.25, 0.3) is 0 Å². The molecule has 2 aromatic heterocycles. The molecule has 0 aromatic carbocycles. The second-order valence-electron chi connectivity index (χ2n) is 5.87. The summed E-state index contributed by atoms with van der Waals surface area (Å²) in [5.41, 5.74) is 6.46. The largest absolute Gasteiger partial charge is 0.383 e. The molecule has 0 spiro atoms. The standard InChI is InChI=1S/C14H18N6O/c15-12-10(6-16-8-17-12)13-18-14(21-19-13)11-2-1-5-20(11)7-9-3-4-9/h6,8-9,11H,1-5,7H2,(H2,15,16,17)/t11-/m0/s1. The van der Waals surface area contributed by atoms with E-state index in [1.54, 1.807) is 6.20 Å². The molecule has 0 bridgehead atoms. The lowest BCUT2D eigenvalue weighted by Gasteiger charge is -2.20. The van der Waals surface area contributed by atoms with Crippen molar-refractivity contribution >= 4 is 5.82 Å². The van der Waals surface area contributed by atoms with Gasteiger partial charge in [0, 0.05) is 12.7 Å². The number of anilines is 1. The van der Waals surface area contributed by atoms with Gasteiger partial charge in [-0.1, -0.05) is 5.16 Å². The number of nitrogen functional groups attached to an aromatic ring is 1. The van der Waals surface area contributed by atoms with E-state index in [0.29, 0.717) is 23.1 Å². The first-order valence-electron chi connectivity index (χ1n) is 7.45. The van der Waals surface area contributed by atoms with E-state index >= 15 is 0 Å². The van der Waals surface area contributed by atoms with Crippen LogP contribution in [0.4, 0.5) is 5.82 Å². The number of hydrogen-bond acceptors (Lipinski definition) is 7. The van der Waals surface area contributed by atoms with E-state index in [1.165, 1.54) is 25.6 Å². The molecular formula is C14H18N6O. The Morgan fingerprint density at radius 2 is 2.24 bits per heavy atom. The fraction of sp³-hybridized carbons (Fsp3) is 0.571. The highest BCUT2D eigenvalue weighted by Gasteiger charge is 2.34. The minimum Gasteiger partial charge on any atom is -0.383 e. The van der Waals surface area contributed by atoms with Crippen molar-refractivity contribution in [2.45, 2.75) is 31.7 Å². The molecule has 2 N–H and O–H groups in total. The van der Waals surface area contributed by atoms with Gasteiger partial charge >= 0.3 is 0 Å². The van der Waals surface area contributed by atoms with E-state index in [-0.39, 0.29) is 6.04 Å². The van der Waals surface area contributed by atoms with Gasteiger partial charge in [-0.3, -0.25) is 4.90 Å². The number of nitrogens with two attached hydrogens (primary N) is 1. The average molecular weight is 286 g/mol. The molecule has 1 aliphatic carbocycles. The van der Waals surface area contributed by atoms with Crippen molar-refractivity contribution in [1.82, 2.24) is 25.0 Å². The summed E-state index contributed by atoms with van der Waals surface area (Å²) in [6.45, 7) is 2.27. The highest BCUT2D eigenvalue weighted by molar-refractivity contribution is 5.66. The minimum atomic E-state index is 0.248. The van der Waals surface area contributed by atoms with Gasteiger partial charge in [0.05, 0.1) is 11.6 Å². The van der Waals surface area contributed by atoms with Gasteiger partial charge in [0.2, 0.25) is 11.7 Å². The maximum absolute atomic E-state index is 5.83. The van der Waals surface area contributed by atoms with Gasteiger partial charge in [0.15, 0.2) is 0 Å². The molecule has 21 heavy (non-hydrogen) atoms. The molecule has 4 rings (SSSR count). The molecule has 3 heterocycles. The van der Waals surface area contributed by atoms with Gasteiger partial charge < -0.3 is 10.3 Å². The van der Waals surface area contributed by atoms with Crippen LogP contribution in [0.25, 0.3) is 11.4 Å². The Morgan fingerprint density at radius 1 is 1.33 bits per heavy atom. The first kappa shape index (κ1) is 12.7. The third kappa shape index (κ3) is 2.49. The second kappa shape index (κ2) is 5.07. The molecule has 0 amide bonds. The fourth-order valence-corrected chi connectivity index (χ4v) is 2.95. The van der Waals surface area contributed by atoms with Gasteiger partial charge in [-0.2, -0.15) is 4.98 Å². The average Bonchev–Trinajstić information content (AvgIpc) is 2.99. The van der Waals surface area contributed by atoms with E-state index in [4.69, 9.17) is 10.3 Å². The predicted molar refractivity (Wildman–Crippen MR) is 76.0 cm³/mol. The summed E-state index contributed by atoms with van der Waals surface area (Å²) in [5, 5.41) is 4.05. The van der Waals surface area contributed by atoms with E-state index in [9.17, 15) is 0 Å². The van der Waals surface area contributed by atoms with Crippen LogP contribution in [0.3, 0.4) is 0 Å². The van der Waals surface area contributed by atoms with Crippen LogP contribution in [-0.4, -0.2) is 38.1 Å². The Labute approximate surface area is 122 Å². The maximum atomic E-state index is 5.83. The van der Waals surface area contributed by atoms with E-state index in [1.807, 2.05) is 0 Å². The molecule has 7 heteroatoms. The molecule has 0 unspecified atom stereocenters. The monoisotopic (exact) mass is 286 g/mol. The molecule has 2 aromatic rings. The number of rotatable bonds is 4.